The Bertz CT molecular complexity index is 1490. The summed E-state index contributed by atoms with van der Waals surface area (Å²) in [5.41, 5.74) is 4.27. The Labute approximate surface area is 219 Å². The van der Waals surface area contributed by atoms with Crippen LogP contribution in [0.15, 0.2) is 58.3 Å². The van der Waals surface area contributed by atoms with Gasteiger partial charge in [-0.15, -0.1) is 11.3 Å². The average Bonchev–Trinajstić information content (AvgIpc) is 3.57. The highest BCUT2D eigenvalue weighted by Crippen LogP contribution is 2.45. The molecule has 37 heavy (non-hydrogen) atoms. The lowest BCUT2D eigenvalue weighted by molar-refractivity contribution is 0.0438. The molecule has 1 aliphatic rings. The van der Waals surface area contributed by atoms with Crippen molar-refractivity contribution < 1.29 is 23.5 Å². The lowest BCUT2D eigenvalue weighted by Crippen LogP contribution is -2.28. The van der Waals surface area contributed by atoms with Crippen molar-refractivity contribution in [1.82, 2.24) is 4.98 Å². The smallest absolute Gasteiger partial charge is 0.373 e. The van der Waals surface area contributed by atoms with E-state index >= 15 is 0 Å². The molecule has 3 aromatic heterocycles. The molecular formula is C30H29NO5S. The zero-order valence-corrected chi connectivity index (χ0v) is 22.2. The van der Waals surface area contributed by atoms with Crippen molar-refractivity contribution in [2.24, 2.45) is 11.3 Å². The van der Waals surface area contributed by atoms with E-state index in [2.05, 4.69) is 43.0 Å². The number of furan rings is 1. The molecule has 0 aliphatic heterocycles. The second-order valence-electron chi connectivity index (χ2n) is 10.3. The van der Waals surface area contributed by atoms with Crippen molar-refractivity contribution in [3.8, 4) is 0 Å². The Balaban J connectivity index is 1.58. The molecule has 5 rings (SSSR count). The molecule has 0 radical (unpaired) electrons. The van der Waals surface area contributed by atoms with Crippen LogP contribution in [0.5, 0.6) is 0 Å². The fraction of sp³-hybridized carbons (Fsp3) is 0.300. The predicted octanol–water partition coefficient (Wildman–Crippen LogP) is 7.18. The minimum atomic E-state index is -0.579. The van der Waals surface area contributed by atoms with Gasteiger partial charge in [-0.2, -0.15) is 0 Å². The SMILES string of the molecule is COC(=O)c1ccc(COC(=O)c2c3c(nc4ccccc24)/C(=C/c2cccs2)C[C@H](C(C)(C)C)C3)o1. The van der Waals surface area contributed by atoms with E-state index in [0.717, 1.165) is 45.5 Å². The van der Waals surface area contributed by atoms with Gasteiger partial charge in [0.25, 0.3) is 0 Å². The normalized spacial score (nSPS) is 16.5. The molecule has 0 saturated heterocycles. The fourth-order valence-corrected chi connectivity index (χ4v) is 5.47. The molecule has 6 nitrogen and oxygen atoms in total. The standard InChI is InChI=1S/C30H29NO5S/c1-30(2,3)19-14-18(15-21-8-7-13-37-21)27-23(16-19)26(22-9-5-6-10-24(22)31-27)29(33)35-17-20-11-12-25(36-20)28(32)34-4/h5-13,15,19H,14,16-17H2,1-4H3/b18-15+/t19-/m0/s1. The van der Waals surface area contributed by atoms with E-state index in [1.54, 1.807) is 17.4 Å². The highest BCUT2D eigenvalue weighted by Gasteiger charge is 2.35. The van der Waals surface area contributed by atoms with E-state index in [4.69, 9.17) is 14.1 Å². The van der Waals surface area contributed by atoms with Crippen LogP contribution in [0.25, 0.3) is 22.6 Å². The summed E-state index contributed by atoms with van der Waals surface area (Å²) < 4.78 is 15.9. The van der Waals surface area contributed by atoms with Gasteiger partial charge < -0.3 is 13.9 Å². The number of fused-ring (bicyclic) bond motifs is 2. The molecule has 0 saturated carbocycles. The summed E-state index contributed by atoms with van der Waals surface area (Å²) in [5.74, 6) is -0.252. The Kier molecular flexibility index (Phi) is 6.73. The fourth-order valence-electron chi connectivity index (χ4n) is 4.79. The lowest BCUT2D eigenvalue weighted by atomic mass is 9.69. The van der Waals surface area contributed by atoms with Gasteiger partial charge in [-0.1, -0.05) is 45.0 Å². The van der Waals surface area contributed by atoms with Gasteiger partial charge in [-0.3, -0.25) is 0 Å². The van der Waals surface area contributed by atoms with Crippen LogP contribution >= 0.6 is 11.3 Å². The number of carbonyl (C=O) groups is 2. The van der Waals surface area contributed by atoms with Crippen molar-refractivity contribution >= 4 is 45.8 Å². The van der Waals surface area contributed by atoms with E-state index in [1.807, 2.05) is 30.3 Å². The number of pyridine rings is 1. The van der Waals surface area contributed by atoms with Crippen LogP contribution < -0.4 is 0 Å². The number of esters is 2. The Morgan fingerprint density at radius 1 is 1.08 bits per heavy atom. The molecule has 0 unspecified atom stereocenters. The van der Waals surface area contributed by atoms with E-state index in [-0.39, 0.29) is 17.8 Å². The summed E-state index contributed by atoms with van der Waals surface area (Å²) in [4.78, 5) is 31.6. The van der Waals surface area contributed by atoms with Crippen LogP contribution in [0, 0.1) is 11.3 Å². The van der Waals surface area contributed by atoms with Gasteiger partial charge in [0, 0.05) is 10.3 Å². The number of allylic oxidation sites excluding steroid dienone is 1. The third kappa shape index (κ3) is 5.09. The topological polar surface area (TPSA) is 78.6 Å². The van der Waals surface area contributed by atoms with Crippen LogP contribution in [0.4, 0.5) is 0 Å². The number of rotatable bonds is 5. The van der Waals surface area contributed by atoms with E-state index in [1.165, 1.54) is 13.2 Å². The van der Waals surface area contributed by atoms with Gasteiger partial charge in [-0.05, 0) is 71.0 Å². The van der Waals surface area contributed by atoms with Crippen LogP contribution in [0.2, 0.25) is 0 Å². The summed E-state index contributed by atoms with van der Waals surface area (Å²) in [6.07, 6.45) is 3.82. The van der Waals surface area contributed by atoms with Crippen molar-refractivity contribution in [3.05, 3.63) is 87.1 Å². The molecule has 0 N–H and O–H groups in total. The zero-order valence-electron chi connectivity index (χ0n) is 21.4. The van der Waals surface area contributed by atoms with Crippen LogP contribution in [-0.2, 0) is 22.5 Å². The van der Waals surface area contributed by atoms with E-state index in [0.29, 0.717) is 17.2 Å². The molecule has 0 spiro atoms. The number of hydrogen-bond acceptors (Lipinski definition) is 7. The van der Waals surface area contributed by atoms with Crippen molar-refractivity contribution in [3.63, 3.8) is 0 Å². The summed E-state index contributed by atoms with van der Waals surface area (Å²) in [6, 6.07) is 14.9. The van der Waals surface area contributed by atoms with Crippen molar-refractivity contribution in [2.45, 2.75) is 40.2 Å². The second kappa shape index (κ2) is 9.98. The maximum Gasteiger partial charge on any atom is 0.373 e. The van der Waals surface area contributed by atoms with E-state index in [9.17, 15) is 9.59 Å². The third-order valence-corrected chi connectivity index (χ3v) is 7.72. The Morgan fingerprint density at radius 2 is 1.89 bits per heavy atom. The molecule has 0 bridgehead atoms. The number of para-hydroxylation sites is 1. The van der Waals surface area contributed by atoms with Crippen LogP contribution in [-0.4, -0.2) is 24.0 Å². The number of thiophene rings is 1. The summed E-state index contributed by atoms with van der Waals surface area (Å²) in [7, 11) is 1.29. The summed E-state index contributed by atoms with van der Waals surface area (Å²) >= 11 is 1.69. The first-order valence-corrected chi connectivity index (χ1v) is 13.1. The molecule has 7 heteroatoms. The quantitative estimate of drug-likeness (QED) is 0.262. The minimum Gasteiger partial charge on any atom is -0.463 e. The number of ether oxygens (including phenoxy) is 2. The molecule has 3 heterocycles. The van der Waals surface area contributed by atoms with Crippen molar-refractivity contribution in [2.75, 3.05) is 7.11 Å². The number of methoxy groups -OCH3 is 1. The number of hydrogen-bond donors (Lipinski definition) is 0. The first-order valence-electron chi connectivity index (χ1n) is 12.2. The van der Waals surface area contributed by atoms with Gasteiger partial charge in [0.05, 0.1) is 23.9 Å². The molecule has 190 valence electrons. The van der Waals surface area contributed by atoms with E-state index < -0.39 is 11.9 Å². The summed E-state index contributed by atoms with van der Waals surface area (Å²) in [6.45, 7) is 6.64. The molecule has 0 amide bonds. The van der Waals surface area contributed by atoms with Gasteiger partial charge in [0.2, 0.25) is 5.76 Å². The molecule has 0 fully saturated rings. The summed E-state index contributed by atoms with van der Waals surface area (Å²) in [5, 5.41) is 2.83. The largest absolute Gasteiger partial charge is 0.463 e. The first kappa shape index (κ1) is 25.0. The third-order valence-electron chi connectivity index (χ3n) is 6.90. The maximum atomic E-state index is 13.7. The molecule has 1 aromatic carbocycles. The first-order chi connectivity index (χ1) is 17.7. The number of nitrogens with zero attached hydrogens (tertiary/aromatic N) is 1. The monoisotopic (exact) mass is 515 g/mol. The minimum absolute atomic E-state index is 0.0392. The number of carbonyl (C=O) groups excluding carboxylic acids is 2. The highest BCUT2D eigenvalue weighted by atomic mass is 32.1. The van der Waals surface area contributed by atoms with Gasteiger partial charge in [0.15, 0.2) is 0 Å². The zero-order chi connectivity index (χ0) is 26.2. The molecule has 1 atom stereocenters. The highest BCUT2D eigenvalue weighted by molar-refractivity contribution is 7.10. The maximum absolute atomic E-state index is 13.7. The van der Waals surface area contributed by atoms with Gasteiger partial charge >= 0.3 is 11.9 Å². The van der Waals surface area contributed by atoms with Crippen LogP contribution in [0.1, 0.15) is 70.0 Å². The average molecular weight is 516 g/mol. The molecular weight excluding hydrogens is 486 g/mol. The Morgan fingerprint density at radius 3 is 2.62 bits per heavy atom. The Hall–Kier alpha value is -3.71. The number of benzene rings is 1. The number of aromatic nitrogens is 1. The van der Waals surface area contributed by atoms with Gasteiger partial charge in [-0.25, -0.2) is 14.6 Å². The molecule has 4 aromatic rings. The molecule has 1 aliphatic carbocycles. The van der Waals surface area contributed by atoms with Crippen molar-refractivity contribution in [1.29, 1.82) is 0 Å². The van der Waals surface area contributed by atoms with Crippen LogP contribution in [0.3, 0.4) is 0 Å². The predicted molar refractivity (Wildman–Crippen MR) is 144 cm³/mol. The lowest BCUT2D eigenvalue weighted by Gasteiger charge is -2.36. The van der Waals surface area contributed by atoms with Gasteiger partial charge in [0.1, 0.15) is 12.4 Å². The second-order valence-corrected chi connectivity index (χ2v) is 11.3.